The van der Waals surface area contributed by atoms with Crippen LogP contribution in [0.1, 0.15) is 52.5 Å². The molecule has 0 aliphatic carbocycles. The van der Waals surface area contributed by atoms with Crippen LogP contribution in [0.3, 0.4) is 0 Å². The minimum atomic E-state index is -3.83. The maximum absolute atomic E-state index is 12.9. The minimum absolute atomic E-state index is 0.0166. The molecule has 0 radical (unpaired) electrons. The number of carbonyl (C=O) groups is 1. The van der Waals surface area contributed by atoms with Gasteiger partial charge in [0, 0.05) is 12.6 Å². The molecule has 2 N–H and O–H groups in total. The van der Waals surface area contributed by atoms with E-state index in [9.17, 15) is 13.2 Å². The Labute approximate surface area is 167 Å². The number of amides is 1. The molecule has 2 rings (SSSR count). The second kappa shape index (κ2) is 8.75. The SMILES string of the molecule is CCNC(=O)c1cc(S(=O)(=O)NC(C)c2cc(C)c(C)cc2C)ccc1OC. The summed E-state index contributed by atoms with van der Waals surface area (Å²) in [5, 5.41) is 2.67. The zero-order valence-corrected chi connectivity index (χ0v) is 18.0. The lowest BCUT2D eigenvalue weighted by atomic mass is 9.97. The van der Waals surface area contributed by atoms with Crippen molar-refractivity contribution in [1.82, 2.24) is 10.0 Å². The lowest BCUT2D eigenvalue weighted by molar-refractivity contribution is 0.0952. The predicted molar refractivity (Wildman–Crippen MR) is 110 cm³/mol. The van der Waals surface area contributed by atoms with E-state index in [0.29, 0.717) is 12.3 Å². The van der Waals surface area contributed by atoms with Gasteiger partial charge in [0.1, 0.15) is 5.75 Å². The van der Waals surface area contributed by atoms with E-state index >= 15 is 0 Å². The second-order valence-electron chi connectivity index (χ2n) is 6.86. The first-order valence-corrected chi connectivity index (χ1v) is 10.6. The number of methoxy groups -OCH3 is 1. The maximum Gasteiger partial charge on any atom is 0.255 e. The first-order chi connectivity index (χ1) is 13.1. The van der Waals surface area contributed by atoms with Crippen molar-refractivity contribution in [3.05, 3.63) is 58.1 Å². The molecule has 0 saturated carbocycles. The van der Waals surface area contributed by atoms with Gasteiger partial charge >= 0.3 is 0 Å². The zero-order valence-electron chi connectivity index (χ0n) is 17.2. The zero-order chi connectivity index (χ0) is 21.1. The first kappa shape index (κ1) is 21.9. The number of nitrogens with one attached hydrogen (secondary N) is 2. The van der Waals surface area contributed by atoms with Crippen molar-refractivity contribution in [2.45, 2.75) is 45.6 Å². The van der Waals surface area contributed by atoms with Gasteiger partial charge in [-0.25, -0.2) is 13.1 Å². The number of hydrogen-bond acceptors (Lipinski definition) is 4. The van der Waals surface area contributed by atoms with Crippen molar-refractivity contribution >= 4 is 15.9 Å². The van der Waals surface area contributed by atoms with Crippen LogP contribution in [0.5, 0.6) is 5.75 Å². The fraction of sp³-hybridized carbons (Fsp3) is 0.381. The number of benzene rings is 2. The standard InChI is InChI=1S/C21H28N2O4S/c1-7-22-21(24)19-12-17(8-9-20(19)27-6)28(25,26)23-16(5)18-11-14(3)13(2)10-15(18)4/h8-12,16,23H,7H2,1-6H3,(H,22,24). The minimum Gasteiger partial charge on any atom is -0.496 e. The van der Waals surface area contributed by atoms with E-state index in [4.69, 9.17) is 4.74 Å². The van der Waals surface area contributed by atoms with Crippen LogP contribution < -0.4 is 14.8 Å². The molecular formula is C21H28N2O4S. The van der Waals surface area contributed by atoms with Gasteiger partial charge in [0.05, 0.1) is 17.6 Å². The molecule has 152 valence electrons. The fourth-order valence-electron chi connectivity index (χ4n) is 3.10. The van der Waals surface area contributed by atoms with Gasteiger partial charge in [-0.3, -0.25) is 4.79 Å². The second-order valence-corrected chi connectivity index (χ2v) is 8.57. The van der Waals surface area contributed by atoms with Gasteiger partial charge < -0.3 is 10.1 Å². The Hall–Kier alpha value is -2.38. The molecule has 1 atom stereocenters. The van der Waals surface area contributed by atoms with E-state index in [-0.39, 0.29) is 16.4 Å². The van der Waals surface area contributed by atoms with Gasteiger partial charge in [-0.15, -0.1) is 0 Å². The first-order valence-electron chi connectivity index (χ1n) is 9.17. The van der Waals surface area contributed by atoms with Crippen LogP contribution >= 0.6 is 0 Å². The van der Waals surface area contributed by atoms with Gasteiger partial charge in [0.25, 0.3) is 5.91 Å². The number of sulfonamides is 1. The number of ether oxygens (including phenoxy) is 1. The maximum atomic E-state index is 12.9. The molecule has 0 aliphatic heterocycles. The van der Waals surface area contributed by atoms with Crippen LogP contribution in [-0.4, -0.2) is 28.0 Å². The van der Waals surface area contributed by atoms with Crippen LogP contribution in [0.25, 0.3) is 0 Å². The Balaban J connectivity index is 2.38. The molecule has 1 amide bonds. The van der Waals surface area contributed by atoms with Crippen LogP contribution in [0, 0.1) is 20.8 Å². The summed E-state index contributed by atoms with van der Waals surface area (Å²) in [5.74, 6) is -0.0580. The number of rotatable bonds is 7. The Morgan fingerprint density at radius 1 is 1.07 bits per heavy atom. The summed E-state index contributed by atoms with van der Waals surface area (Å²) in [4.78, 5) is 12.3. The molecule has 7 heteroatoms. The highest BCUT2D eigenvalue weighted by Crippen LogP contribution is 2.26. The Kier molecular flexibility index (Phi) is 6.85. The van der Waals surface area contributed by atoms with E-state index < -0.39 is 16.1 Å². The van der Waals surface area contributed by atoms with Crippen molar-refractivity contribution in [3.63, 3.8) is 0 Å². The van der Waals surface area contributed by atoms with Crippen molar-refractivity contribution in [2.24, 2.45) is 0 Å². The Morgan fingerprint density at radius 2 is 1.71 bits per heavy atom. The molecule has 0 aliphatic rings. The van der Waals surface area contributed by atoms with Gasteiger partial charge in [0.15, 0.2) is 0 Å². The van der Waals surface area contributed by atoms with Gasteiger partial charge in [0.2, 0.25) is 10.0 Å². The molecule has 0 aromatic heterocycles. The largest absolute Gasteiger partial charge is 0.496 e. The molecule has 2 aromatic rings. The molecule has 0 saturated heterocycles. The van der Waals surface area contributed by atoms with Crippen molar-refractivity contribution in [2.75, 3.05) is 13.7 Å². The lowest BCUT2D eigenvalue weighted by Crippen LogP contribution is -2.28. The summed E-state index contributed by atoms with van der Waals surface area (Å²) in [6.45, 7) is 10.0. The summed E-state index contributed by atoms with van der Waals surface area (Å²) in [5.41, 5.74) is 4.40. The van der Waals surface area contributed by atoms with Gasteiger partial charge in [-0.05, 0) is 75.1 Å². The predicted octanol–water partition coefficient (Wildman–Crippen LogP) is 3.41. The van der Waals surface area contributed by atoms with Crippen LogP contribution in [-0.2, 0) is 10.0 Å². The molecule has 28 heavy (non-hydrogen) atoms. The molecule has 0 fully saturated rings. The molecule has 0 heterocycles. The smallest absolute Gasteiger partial charge is 0.255 e. The van der Waals surface area contributed by atoms with Crippen molar-refractivity contribution in [3.8, 4) is 5.75 Å². The Morgan fingerprint density at radius 3 is 2.32 bits per heavy atom. The van der Waals surface area contributed by atoms with E-state index in [1.807, 2.05) is 33.8 Å². The van der Waals surface area contributed by atoms with Crippen molar-refractivity contribution in [1.29, 1.82) is 0 Å². The molecule has 2 aromatic carbocycles. The average molecular weight is 405 g/mol. The highest BCUT2D eigenvalue weighted by Gasteiger charge is 2.23. The molecular weight excluding hydrogens is 376 g/mol. The van der Waals surface area contributed by atoms with Crippen molar-refractivity contribution < 1.29 is 17.9 Å². The highest BCUT2D eigenvalue weighted by atomic mass is 32.2. The summed E-state index contributed by atoms with van der Waals surface area (Å²) in [6, 6.07) is 7.91. The Bertz CT molecular complexity index is 984. The van der Waals surface area contributed by atoms with Gasteiger partial charge in [-0.1, -0.05) is 12.1 Å². The third-order valence-electron chi connectivity index (χ3n) is 4.74. The molecule has 1 unspecified atom stereocenters. The molecule has 0 bridgehead atoms. The highest BCUT2D eigenvalue weighted by molar-refractivity contribution is 7.89. The monoisotopic (exact) mass is 404 g/mol. The number of hydrogen-bond donors (Lipinski definition) is 2. The topological polar surface area (TPSA) is 84.5 Å². The average Bonchev–Trinajstić information content (AvgIpc) is 2.63. The van der Waals surface area contributed by atoms with Gasteiger partial charge in [-0.2, -0.15) is 0 Å². The van der Waals surface area contributed by atoms with Crippen LogP contribution in [0.4, 0.5) is 0 Å². The molecule has 0 spiro atoms. The van der Waals surface area contributed by atoms with Crippen LogP contribution in [0.15, 0.2) is 35.2 Å². The van der Waals surface area contributed by atoms with E-state index in [0.717, 1.165) is 22.3 Å². The van der Waals surface area contributed by atoms with E-state index in [1.54, 1.807) is 6.92 Å². The summed E-state index contributed by atoms with van der Waals surface area (Å²) in [7, 11) is -2.39. The van der Waals surface area contributed by atoms with E-state index in [1.165, 1.54) is 25.3 Å². The third kappa shape index (κ3) is 4.72. The molecule has 6 nitrogen and oxygen atoms in total. The normalized spacial score (nSPS) is 12.5. The fourth-order valence-corrected chi connectivity index (χ4v) is 4.35. The summed E-state index contributed by atoms with van der Waals surface area (Å²) in [6.07, 6.45) is 0. The quantitative estimate of drug-likeness (QED) is 0.741. The number of aryl methyl sites for hydroxylation is 3. The van der Waals surface area contributed by atoms with E-state index in [2.05, 4.69) is 16.1 Å². The third-order valence-corrected chi connectivity index (χ3v) is 6.28. The summed E-state index contributed by atoms with van der Waals surface area (Å²) >= 11 is 0. The lowest BCUT2D eigenvalue weighted by Gasteiger charge is -2.19. The summed E-state index contributed by atoms with van der Waals surface area (Å²) < 4.78 is 33.8. The van der Waals surface area contributed by atoms with Crippen LogP contribution in [0.2, 0.25) is 0 Å². The number of carbonyl (C=O) groups excluding carboxylic acids is 1.